The molecule has 0 spiro atoms. The molecule has 0 saturated carbocycles. The Balaban J connectivity index is 2.25. The molecule has 26 heavy (non-hydrogen) atoms. The van der Waals surface area contributed by atoms with Crippen molar-refractivity contribution in [3.8, 4) is 11.5 Å². The molecule has 2 aromatic carbocycles. The van der Waals surface area contributed by atoms with Gasteiger partial charge >= 0.3 is 5.97 Å². The summed E-state index contributed by atoms with van der Waals surface area (Å²) in [6, 6.07) is 5.48. The average Bonchev–Trinajstić information content (AvgIpc) is 3.00. The molecule has 2 aromatic rings. The first-order valence-corrected chi connectivity index (χ1v) is 8.59. The highest BCUT2D eigenvalue weighted by molar-refractivity contribution is 6.14. The molecule has 1 atom stereocenters. The Morgan fingerprint density at radius 3 is 2.27 bits per heavy atom. The number of ketones is 1. The van der Waals surface area contributed by atoms with Gasteiger partial charge in [0.2, 0.25) is 5.78 Å². The van der Waals surface area contributed by atoms with Gasteiger partial charge < -0.3 is 14.9 Å². The zero-order valence-electron chi connectivity index (χ0n) is 15.3. The first kappa shape index (κ1) is 18.0. The third kappa shape index (κ3) is 2.83. The lowest BCUT2D eigenvalue weighted by molar-refractivity contribution is -0.138. The van der Waals surface area contributed by atoms with Crippen molar-refractivity contribution in [3.63, 3.8) is 0 Å². The fourth-order valence-electron chi connectivity index (χ4n) is 3.68. The molecule has 3 rings (SSSR count). The van der Waals surface area contributed by atoms with Crippen molar-refractivity contribution in [2.45, 2.75) is 40.0 Å². The van der Waals surface area contributed by atoms with Gasteiger partial charge in [-0.1, -0.05) is 17.7 Å². The van der Waals surface area contributed by atoms with E-state index < -0.39 is 11.9 Å². The quantitative estimate of drug-likeness (QED) is 0.819. The van der Waals surface area contributed by atoms with Gasteiger partial charge in [-0.05, 0) is 50.5 Å². The minimum Gasteiger partial charge on any atom is -0.507 e. The molecule has 5 heteroatoms. The van der Waals surface area contributed by atoms with Crippen LogP contribution in [0.1, 0.15) is 56.6 Å². The van der Waals surface area contributed by atoms with Crippen LogP contribution in [-0.4, -0.2) is 28.6 Å². The van der Waals surface area contributed by atoms with Crippen molar-refractivity contribution in [1.82, 2.24) is 0 Å². The number of aromatic hydroxyl groups is 1. The second kappa shape index (κ2) is 6.48. The Bertz CT molecular complexity index is 903. The lowest BCUT2D eigenvalue weighted by atomic mass is 9.88. The van der Waals surface area contributed by atoms with E-state index in [9.17, 15) is 19.8 Å². The summed E-state index contributed by atoms with van der Waals surface area (Å²) >= 11 is 0. The number of carboxylic acids is 1. The number of benzene rings is 2. The topological polar surface area (TPSA) is 83.8 Å². The number of carbonyl (C=O) groups is 2. The van der Waals surface area contributed by atoms with Gasteiger partial charge in [0.15, 0.2) is 0 Å². The SMILES string of the molecule is Cc1cc(C)c(C(=O)c2c(O)c(C(C)C(=O)O)cc3c2OCC3)c(C)c1. The minimum absolute atomic E-state index is 0.0677. The molecule has 1 aliphatic rings. The first-order valence-electron chi connectivity index (χ1n) is 8.59. The lowest BCUT2D eigenvalue weighted by Crippen LogP contribution is -2.13. The predicted octanol–water partition coefficient (Wildman–Crippen LogP) is 3.67. The Labute approximate surface area is 152 Å². The summed E-state index contributed by atoms with van der Waals surface area (Å²) in [5.41, 5.74) is 4.27. The van der Waals surface area contributed by atoms with E-state index >= 15 is 0 Å². The molecule has 0 bridgehead atoms. The fraction of sp³-hybridized carbons (Fsp3) is 0.333. The highest BCUT2D eigenvalue weighted by Gasteiger charge is 2.32. The minimum atomic E-state index is -1.06. The van der Waals surface area contributed by atoms with E-state index in [0.717, 1.165) is 22.3 Å². The van der Waals surface area contributed by atoms with Crippen LogP contribution in [0, 0.1) is 20.8 Å². The number of aliphatic carboxylic acids is 1. The van der Waals surface area contributed by atoms with E-state index in [0.29, 0.717) is 24.3 Å². The van der Waals surface area contributed by atoms with Gasteiger partial charge in [0.25, 0.3) is 0 Å². The van der Waals surface area contributed by atoms with Crippen molar-refractivity contribution in [3.05, 3.63) is 57.1 Å². The van der Waals surface area contributed by atoms with Gasteiger partial charge in [-0.2, -0.15) is 0 Å². The van der Waals surface area contributed by atoms with Gasteiger partial charge in [0.1, 0.15) is 17.1 Å². The predicted molar refractivity (Wildman–Crippen MR) is 97.4 cm³/mol. The number of phenols is 1. The van der Waals surface area contributed by atoms with Crippen LogP contribution in [0.15, 0.2) is 18.2 Å². The second-order valence-electron chi connectivity index (χ2n) is 6.94. The van der Waals surface area contributed by atoms with Crippen LogP contribution in [0.4, 0.5) is 0 Å². The van der Waals surface area contributed by atoms with E-state index in [-0.39, 0.29) is 22.7 Å². The largest absolute Gasteiger partial charge is 0.507 e. The lowest BCUT2D eigenvalue weighted by Gasteiger charge is -2.18. The molecule has 0 amide bonds. The van der Waals surface area contributed by atoms with E-state index in [1.807, 2.05) is 32.9 Å². The maximum Gasteiger partial charge on any atom is 0.310 e. The molecule has 1 heterocycles. The zero-order chi connectivity index (χ0) is 19.2. The van der Waals surface area contributed by atoms with Crippen LogP contribution >= 0.6 is 0 Å². The highest BCUT2D eigenvalue weighted by Crippen LogP contribution is 2.42. The van der Waals surface area contributed by atoms with Crippen LogP contribution in [0.25, 0.3) is 0 Å². The van der Waals surface area contributed by atoms with Gasteiger partial charge in [-0.25, -0.2) is 0 Å². The summed E-state index contributed by atoms with van der Waals surface area (Å²) in [7, 11) is 0. The fourth-order valence-corrected chi connectivity index (χ4v) is 3.68. The summed E-state index contributed by atoms with van der Waals surface area (Å²) < 4.78 is 5.62. The zero-order valence-corrected chi connectivity index (χ0v) is 15.3. The van der Waals surface area contributed by atoms with Crippen LogP contribution in [0.5, 0.6) is 11.5 Å². The van der Waals surface area contributed by atoms with Gasteiger partial charge in [-0.15, -0.1) is 0 Å². The van der Waals surface area contributed by atoms with Crippen molar-refractivity contribution < 1.29 is 24.5 Å². The number of carboxylic acid groups (broad SMARTS) is 1. The monoisotopic (exact) mass is 354 g/mol. The van der Waals surface area contributed by atoms with E-state index in [2.05, 4.69) is 0 Å². The maximum absolute atomic E-state index is 13.3. The van der Waals surface area contributed by atoms with Gasteiger partial charge in [0, 0.05) is 17.5 Å². The molecule has 1 aliphatic heterocycles. The third-order valence-electron chi connectivity index (χ3n) is 4.94. The molecular formula is C21H22O5. The van der Waals surface area contributed by atoms with Gasteiger partial charge in [-0.3, -0.25) is 9.59 Å². The number of phenolic OH excluding ortho intramolecular Hbond substituents is 1. The molecule has 0 saturated heterocycles. The molecule has 0 radical (unpaired) electrons. The Morgan fingerprint density at radius 2 is 1.69 bits per heavy atom. The Morgan fingerprint density at radius 1 is 1.08 bits per heavy atom. The molecule has 0 aliphatic carbocycles. The van der Waals surface area contributed by atoms with E-state index in [1.54, 1.807) is 6.07 Å². The number of aryl methyl sites for hydroxylation is 3. The molecule has 136 valence electrons. The van der Waals surface area contributed by atoms with E-state index in [1.165, 1.54) is 6.92 Å². The molecule has 0 aromatic heterocycles. The van der Waals surface area contributed by atoms with Crippen LogP contribution in [0.3, 0.4) is 0 Å². The molecule has 1 unspecified atom stereocenters. The van der Waals surface area contributed by atoms with Crippen molar-refractivity contribution >= 4 is 11.8 Å². The smallest absolute Gasteiger partial charge is 0.310 e. The van der Waals surface area contributed by atoms with Crippen LogP contribution < -0.4 is 4.74 Å². The summed E-state index contributed by atoms with van der Waals surface area (Å²) in [5, 5.41) is 20.1. The summed E-state index contributed by atoms with van der Waals surface area (Å²) in [5.74, 6) is -2.25. The van der Waals surface area contributed by atoms with Crippen molar-refractivity contribution in [2.24, 2.45) is 0 Å². The summed E-state index contributed by atoms with van der Waals surface area (Å²) in [4.78, 5) is 24.8. The number of hydrogen-bond donors (Lipinski definition) is 2. The van der Waals surface area contributed by atoms with Crippen molar-refractivity contribution in [1.29, 1.82) is 0 Å². The Kier molecular flexibility index (Phi) is 4.48. The van der Waals surface area contributed by atoms with Crippen LogP contribution in [-0.2, 0) is 11.2 Å². The molecule has 2 N–H and O–H groups in total. The summed E-state index contributed by atoms with van der Waals surface area (Å²) in [6.45, 7) is 7.58. The molecular weight excluding hydrogens is 332 g/mol. The number of rotatable bonds is 4. The summed E-state index contributed by atoms with van der Waals surface area (Å²) in [6.07, 6.45) is 0.584. The highest BCUT2D eigenvalue weighted by atomic mass is 16.5. The van der Waals surface area contributed by atoms with Crippen LogP contribution in [0.2, 0.25) is 0 Å². The molecule has 0 fully saturated rings. The van der Waals surface area contributed by atoms with E-state index in [4.69, 9.17) is 4.74 Å². The third-order valence-corrected chi connectivity index (χ3v) is 4.94. The average molecular weight is 354 g/mol. The maximum atomic E-state index is 13.3. The number of fused-ring (bicyclic) bond motifs is 1. The standard InChI is InChI=1S/C21H22O5/c1-10-7-11(2)16(12(3)8-10)19(23)17-18(22)15(13(4)21(24)25)9-14-5-6-26-20(14)17/h7-9,13,22H,5-6H2,1-4H3,(H,24,25). The second-order valence-corrected chi connectivity index (χ2v) is 6.94. The molecule has 5 nitrogen and oxygen atoms in total. The Hall–Kier alpha value is -2.82. The number of ether oxygens (including phenoxy) is 1. The normalized spacial score (nSPS) is 13.8. The number of carbonyl (C=O) groups excluding carboxylic acids is 1. The number of hydrogen-bond acceptors (Lipinski definition) is 4. The first-order chi connectivity index (χ1) is 12.2. The van der Waals surface area contributed by atoms with Crippen molar-refractivity contribution in [2.75, 3.05) is 6.61 Å². The van der Waals surface area contributed by atoms with Gasteiger partial charge in [0.05, 0.1) is 12.5 Å².